The lowest BCUT2D eigenvalue weighted by atomic mass is 10.00. The Morgan fingerprint density at radius 3 is 2.59 bits per heavy atom. The maximum Gasteiger partial charge on any atom is 0.294 e. The topological polar surface area (TPSA) is 76.2 Å². The quantitative estimate of drug-likeness (QED) is 0.221. The summed E-state index contributed by atoms with van der Waals surface area (Å²) in [5.74, 6) is 0.0213. The first-order valence-corrected chi connectivity index (χ1v) is 14.4. The molecule has 0 spiro atoms. The molecule has 2 heterocycles. The minimum Gasteiger partial charge on any atom is -0.493 e. The molecule has 0 aliphatic carbocycles. The number of thioether (sulfide) groups is 1. The molecule has 0 N–H and O–H groups in total. The van der Waals surface area contributed by atoms with Crippen LogP contribution in [0, 0.1) is 3.57 Å². The number of hydrogen-bond acceptors (Lipinski definition) is 6. The summed E-state index contributed by atoms with van der Waals surface area (Å²) in [6.07, 6.45) is 2.32. The molecule has 1 fully saturated rings. The summed E-state index contributed by atoms with van der Waals surface area (Å²) in [5, 5.41) is -0.168. The molecule has 3 aromatic rings. The van der Waals surface area contributed by atoms with Crippen molar-refractivity contribution >= 4 is 69.1 Å². The molecule has 7 nitrogen and oxygen atoms in total. The van der Waals surface area contributed by atoms with Crippen LogP contribution in [0.3, 0.4) is 0 Å². The molecule has 3 aromatic carbocycles. The molecule has 0 atom stereocenters. The van der Waals surface area contributed by atoms with Gasteiger partial charge in [0.15, 0.2) is 11.5 Å². The number of methoxy groups -OCH3 is 1. The molecule has 200 valence electrons. The van der Waals surface area contributed by atoms with Crippen LogP contribution < -0.4 is 9.47 Å². The Morgan fingerprint density at radius 1 is 1.10 bits per heavy atom. The Kier molecular flexibility index (Phi) is 8.49. The van der Waals surface area contributed by atoms with Gasteiger partial charge in [0.25, 0.3) is 11.1 Å². The molecule has 5 rings (SSSR count). The van der Waals surface area contributed by atoms with Gasteiger partial charge in [-0.05, 0) is 93.4 Å². The van der Waals surface area contributed by atoms with Gasteiger partial charge in [-0.15, -0.1) is 0 Å². The second kappa shape index (κ2) is 12.0. The van der Waals surface area contributed by atoms with E-state index < -0.39 is 11.1 Å². The first-order valence-electron chi connectivity index (χ1n) is 12.2. The van der Waals surface area contributed by atoms with E-state index in [1.165, 1.54) is 12.7 Å². The highest BCUT2D eigenvalue weighted by Gasteiger charge is 2.37. The largest absolute Gasteiger partial charge is 0.493 e. The molecule has 2 aliphatic rings. The Bertz CT molecular complexity index is 1480. The number of halogens is 2. The highest BCUT2D eigenvalue weighted by atomic mass is 127. The Hall–Kier alpha value is -3.02. The van der Waals surface area contributed by atoms with Crippen molar-refractivity contribution in [2.75, 3.05) is 20.2 Å². The lowest BCUT2D eigenvalue weighted by Gasteiger charge is -2.29. The lowest BCUT2D eigenvalue weighted by Crippen LogP contribution is -2.44. The van der Waals surface area contributed by atoms with Crippen molar-refractivity contribution in [2.24, 2.45) is 0 Å². The Labute approximate surface area is 249 Å². The summed E-state index contributed by atoms with van der Waals surface area (Å²) in [6.45, 7) is 1.04. The zero-order chi connectivity index (χ0) is 27.5. The van der Waals surface area contributed by atoms with Crippen LogP contribution in [0.2, 0.25) is 5.02 Å². The second-order valence-electron chi connectivity index (χ2n) is 9.05. The standard InChI is InChI=1S/C29H24ClIN2O5S/c1-37-24-13-19(12-23(30)27(24)38-17-18-6-8-22(31)9-7-18)14-25-28(35)33(29(36)39-25)16-26(34)32-11-10-20-4-2-3-5-21(20)15-32/h2-9,12-14H,10-11,15-17H2,1H3/b25-14-. The molecule has 0 unspecified atom stereocenters. The lowest BCUT2D eigenvalue weighted by molar-refractivity contribution is -0.136. The summed E-state index contributed by atoms with van der Waals surface area (Å²) < 4.78 is 12.6. The third-order valence-corrected chi connectivity index (χ3v) is 8.40. The molecule has 1 saturated heterocycles. The fraction of sp³-hybridized carbons (Fsp3) is 0.207. The highest BCUT2D eigenvalue weighted by Crippen LogP contribution is 2.39. The van der Waals surface area contributed by atoms with Crippen LogP contribution in [0.15, 0.2) is 65.6 Å². The molecular weight excluding hydrogens is 651 g/mol. The summed E-state index contributed by atoms with van der Waals surface area (Å²) in [7, 11) is 1.51. The van der Waals surface area contributed by atoms with Gasteiger partial charge in [-0.1, -0.05) is 48.0 Å². The van der Waals surface area contributed by atoms with Gasteiger partial charge in [0.05, 0.1) is 17.0 Å². The number of amides is 3. The van der Waals surface area contributed by atoms with Gasteiger partial charge in [0.2, 0.25) is 5.91 Å². The fourth-order valence-corrected chi connectivity index (χ4v) is 5.90. The van der Waals surface area contributed by atoms with E-state index in [0.717, 1.165) is 37.8 Å². The minimum absolute atomic E-state index is 0.211. The summed E-state index contributed by atoms with van der Waals surface area (Å²) in [5.41, 5.74) is 3.86. The average molecular weight is 675 g/mol. The van der Waals surface area contributed by atoms with Crippen LogP contribution >= 0.6 is 46.0 Å². The van der Waals surface area contributed by atoms with Gasteiger partial charge in [-0.3, -0.25) is 19.3 Å². The van der Waals surface area contributed by atoms with Gasteiger partial charge in [-0.2, -0.15) is 0 Å². The molecule has 0 radical (unpaired) electrons. The van der Waals surface area contributed by atoms with Crippen molar-refractivity contribution in [1.82, 2.24) is 9.80 Å². The molecule has 39 heavy (non-hydrogen) atoms. The Balaban J connectivity index is 1.27. The minimum atomic E-state index is -0.509. The molecule has 0 saturated carbocycles. The molecule has 2 aliphatic heterocycles. The van der Waals surface area contributed by atoms with Gasteiger partial charge in [0, 0.05) is 16.7 Å². The van der Waals surface area contributed by atoms with E-state index in [9.17, 15) is 14.4 Å². The monoisotopic (exact) mass is 674 g/mol. The average Bonchev–Trinajstić information content (AvgIpc) is 3.19. The van der Waals surface area contributed by atoms with Crippen LogP contribution in [0.1, 0.15) is 22.3 Å². The van der Waals surface area contributed by atoms with Gasteiger partial charge < -0.3 is 14.4 Å². The smallest absolute Gasteiger partial charge is 0.294 e. The summed E-state index contributed by atoms with van der Waals surface area (Å²) in [4.78, 5) is 41.6. The van der Waals surface area contributed by atoms with Crippen LogP contribution in [0.4, 0.5) is 4.79 Å². The number of fused-ring (bicyclic) bond motifs is 1. The normalized spacial score (nSPS) is 16.0. The maximum atomic E-state index is 13.1. The van der Waals surface area contributed by atoms with E-state index in [0.29, 0.717) is 41.8 Å². The molecule has 10 heteroatoms. The highest BCUT2D eigenvalue weighted by molar-refractivity contribution is 14.1. The number of ether oxygens (including phenoxy) is 2. The molecule has 0 aromatic heterocycles. The fourth-order valence-electron chi connectivity index (χ4n) is 4.43. The summed E-state index contributed by atoms with van der Waals surface area (Å²) >= 11 is 9.56. The summed E-state index contributed by atoms with van der Waals surface area (Å²) in [6, 6.07) is 19.3. The van der Waals surface area contributed by atoms with E-state index in [2.05, 4.69) is 28.7 Å². The first-order chi connectivity index (χ1) is 18.8. The zero-order valence-electron chi connectivity index (χ0n) is 21.0. The first kappa shape index (κ1) is 27.5. The second-order valence-corrected chi connectivity index (χ2v) is 11.7. The van der Waals surface area contributed by atoms with E-state index in [1.807, 2.05) is 42.5 Å². The van der Waals surface area contributed by atoms with E-state index >= 15 is 0 Å². The molecule has 3 amide bonds. The third kappa shape index (κ3) is 6.26. The van der Waals surface area contributed by atoms with E-state index in [-0.39, 0.29) is 17.4 Å². The number of benzene rings is 3. The van der Waals surface area contributed by atoms with Crippen molar-refractivity contribution in [3.8, 4) is 11.5 Å². The third-order valence-electron chi connectivity index (χ3n) is 6.50. The van der Waals surface area contributed by atoms with Crippen molar-refractivity contribution in [2.45, 2.75) is 19.6 Å². The predicted octanol–water partition coefficient (Wildman–Crippen LogP) is 6.15. The maximum absolute atomic E-state index is 13.1. The molecule has 0 bridgehead atoms. The van der Waals surface area contributed by atoms with Gasteiger partial charge >= 0.3 is 0 Å². The van der Waals surface area contributed by atoms with E-state index in [4.69, 9.17) is 21.1 Å². The van der Waals surface area contributed by atoms with Crippen LogP contribution in [-0.2, 0) is 29.2 Å². The number of carbonyl (C=O) groups is 3. The molecular formula is C29H24ClIN2O5S. The van der Waals surface area contributed by atoms with Crippen molar-refractivity contribution in [3.63, 3.8) is 0 Å². The van der Waals surface area contributed by atoms with Crippen LogP contribution in [-0.4, -0.2) is 47.1 Å². The number of hydrogen-bond donors (Lipinski definition) is 0. The van der Waals surface area contributed by atoms with Crippen molar-refractivity contribution in [1.29, 1.82) is 0 Å². The SMILES string of the molecule is COc1cc(/C=C2\SC(=O)N(CC(=O)N3CCc4ccccc4C3)C2=O)cc(Cl)c1OCc1ccc(I)cc1. The van der Waals surface area contributed by atoms with E-state index in [1.54, 1.807) is 23.1 Å². The van der Waals surface area contributed by atoms with Crippen molar-refractivity contribution in [3.05, 3.63) is 96.4 Å². The number of nitrogens with zero attached hydrogens (tertiary/aromatic N) is 2. The van der Waals surface area contributed by atoms with Gasteiger partial charge in [0.1, 0.15) is 13.2 Å². The van der Waals surface area contributed by atoms with Crippen molar-refractivity contribution < 1.29 is 23.9 Å². The number of carbonyl (C=O) groups excluding carboxylic acids is 3. The van der Waals surface area contributed by atoms with Gasteiger partial charge in [-0.25, -0.2) is 0 Å². The zero-order valence-corrected chi connectivity index (χ0v) is 24.7. The Morgan fingerprint density at radius 2 is 1.85 bits per heavy atom. The number of rotatable bonds is 7. The number of imide groups is 1. The van der Waals surface area contributed by atoms with Crippen LogP contribution in [0.5, 0.6) is 11.5 Å². The van der Waals surface area contributed by atoms with Crippen LogP contribution in [0.25, 0.3) is 6.08 Å². The predicted molar refractivity (Wildman–Crippen MR) is 160 cm³/mol.